The Kier molecular flexibility index (Phi) is 2.98. The number of aromatic nitrogens is 4. The van der Waals surface area contributed by atoms with Gasteiger partial charge in [-0.2, -0.15) is 4.68 Å². The maximum Gasteiger partial charge on any atom is 0.290 e. The predicted octanol–water partition coefficient (Wildman–Crippen LogP) is 0.683. The van der Waals surface area contributed by atoms with Crippen molar-refractivity contribution in [2.75, 3.05) is 0 Å². The van der Waals surface area contributed by atoms with E-state index in [4.69, 9.17) is 17.3 Å². The van der Waals surface area contributed by atoms with Crippen molar-refractivity contribution in [1.29, 1.82) is 0 Å². The lowest BCUT2D eigenvalue weighted by Gasteiger charge is -2.05. The summed E-state index contributed by atoms with van der Waals surface area (Å²) in [6.07, 6.45) is 0. The van der Waals surface area contributed by atoms with E-state index in [1.165, 1.54) is 16.8 Å². The van der Waals surface area contributed by atoms with Crippen LogP contribution in [-0.4, -0.2) is 25.1 Å². The fraction of sp³-hybridized carbons (Fsp3) is 0.125. The van der Waals surface area contributed by atoms with Crippen molar-refractivity contribution >= 4 is 17.3 Å². The summed E-state index contributed by atoms with van der Waals surface area (Å²) in [5.41, 5.74) is 5.56. The summed E-state index contributed by atoms with van der Waals surface area (Å²) in [5, 5.41) is 21.5. The minimum Gasteiger partial charge on any atom is -0.324 e. The Labute approximate surface area is 100 Å². The van der Waals surface area contributed by atoms with Crippen LogP contribution in [0.15, 0.2) is 18.2 Å². The molecule has 1 aromatic heterocycles. The van der Waals surface area contributed by atoms with Gasteiger partial charge < -0.3 is 5.73 Å². The van der Waals surface area contributed by atoms with Gasteiger partial charge in [-0.15, -0.1) is 5.10 Å². The molecule has 0 saturated carbocycles. The maximum atomic E-state index is 10.7. The molecule has 2 rings (SSSR count). The monoisotopic (exact) mass is 254 g/mol. The summed E-state index contributed by atoms with van der Waals surface area (Å²) >= 11 is 5.93. The second-order valence-electron chi connectivity index (χ2n) is 3.08. The van der Waals surface area contributed by atoms with Gasteiger partial charge in [-0.25, -0.2) is 0 Å². The topological polar surface area (TPSA) is 113 Å². The van der Waals surface area contributed by atoms with Crippen molar-refractivity contribution in [2.24, 2.45) is 5.73 Å². The van der Waals surface area contributed by atoms with Crippen LogP contribution in [-0.2, 0) is 6.54 Å². The molecular formula is C8H7ClN6O2. The lowest BCUT2D eigenvalue weighted by molar-refractivity contribution is -0.384. The molecule has 0 fully saturated rings. The Bertz CT molecular complexity index is 569. The van der Waals surface area contributed by atoms with Crippen molar-refractivity contribution in [1.82, 2.24) is 20.2 Å². The molecule has 8 nitrogen and oxygen atoms in total. The Morgan fingerprint density at radius 2 is 2.29 bits per heavy atom. The first-order valence-electron chi connectivity index (χ1n) is 4.55. The Balaban J connectivity index is 2.60. The number of nitrogens with zero attached hydrogens (tertiary/aromatic N) is 5. The van der Waals surface area contributed by atoms with Crippen LogP contribution < -0.4 is 5.73 Å². The molecule has 9 heteroatoms. The molecule has 0 spiro atoms. The SMILES string of the molecule is NCc1nnnn1-c1cccc([N+](=O)[O-])c1Cl. The average Bonchev–Trinajstić information content (AvgIpc) is 2.76. The van der Waals surface area contributed by atoms with Gasteiger partial charge in [0.25, 0.3) is 5.69 Å². The van der Waals surface area contributed by atoms with Gasteiger partial charge in [0.15, 0.2) is 5.82 Å². The van der Waals surface area contributed by atoms with E-state index in [2.05, 4.69) is 15.5 Å². The van der Waals surface area contributed by atoms with Crippen LogP contribution in [0.1, 0.15) is 5.82 Å². The highest BCUT2D eigenvalue weighted by Crippen LogP contribution is 2.30. The number of halogens is 1. The van der Waals surface area contributed by atoms with Gasteiger partial charge in [0.05, 0.1) is 17.2 Å². The predicted molar refractivity (Wildman–Crippen MR) is 58.7 cm³/mol. The van der Waals surface area contributed by atoms with Crippen LogP contribution in [0.2, 0.25) is 5.02 Å². The molecule has 0 atom stereocenters. The van der Waals surface area contributed by atoms with Crippen molar-refractivity contribution < 1.29 is 4.92 Å². The second-order valence-corrected chi connectivity index (χ2v) is 3.46. The van der Waals surface area contributed by atoms with Gasteiger partial charge in [-0.1, -0.05) is 17.7 Å². The van der Waals surface area contributed by atoms with Crippen molar-refractivity contribution in [3.63, 3.8) is 0 Å². The summed E-state index contributed by atoms with van der Waals surface area (Å²) in [5.74, 6) is 0.368. The average molecular weight is 255 g/mol. The third-order valence-corrected chi connectivity index (χ3v) is 2.49. The van der Waals surface area contributed by atoms with E-state index < -0.39 is 4.92 Å². The van der Waals surface area contributed by atoms with Crippen LogP contribution in [0, 0.1) is 10.1 Å². The molecule has 0 bridgehead atoms. The van der Waals surface area contributed by atoms with Gasteiger partial charge in [0.2, 0.25) is 0 Å². The van der Waals surface area contributed by atoms with Gasteiger partial charge in [0, 0.05) is 6.07 Å². The van der Waals surface area contributed by atoms with E-state index in [9.17, 15) is 10.1 Å². The molecule has 2 N–H and O–H groups in total. The largest absolute Gasteiger partial charge is 0.324 e. The molecule has 0 unspecified atom stereocenters. The molecule has 0 aliphatic heterocycles. The number of nitrogens with two attached hydrogens (primary N) is 1. The third kappa shape index (κ3) is 1.95. The molecule has 0 aliphatic carbocycles. The lowest BCUT2D eigenvalue weighted by Crippen LogP contribution is -2.09. The zero-order valence-electron chi connectivity index (χ0n) is 8.45. The first-order valence-corrected chi connectivity index (χ1v) is 4.93. The summed E-state index contributed by atoms with van der Waals surface area (Å²) in [4.78, 5) is 10.2. The molecule has 0 aliphatic rings. The maximum absolute atomic E-state index is 10.7. The van der Waals surface area contributed by atoms with Gasteiger partial charge in [-0.05, 0) is 16.5 Å². The standard InChI is InChI=1S/C8H7ClN6O2/c9-8-5(2-1-3-6(8)15(16)17)14-7(4-10)11-12-13-14/h1-3H,4,10H2. The Morgan fingerprint density at radius 1 is 1.53 bits per heavy atom. The number of hydrogen-bond donors (Lipinski definition) is 1. The van der Waals surface area contributed by atoms with Crippen LogP contribution in [0.4, 0.5) is 5.69 Å². The number of nitro groups is 1. The number of hydrogen-bond acceptors (Lipinski definition) is 6. The third-order valence-electron chi connectivity index (χ3n) is 2.10. The summed E-state index contributed by atoms with van der Waals surface area (Å²) in [6, 6.07) is 4.38. The summed E-state index contributed by atoms with van der Waals surface area (Å²) < 4.78 is 1.27. The first-order chi connectivity index (χ1) is 8.15. The van der Waals surface area contributed by atoms with Crippen molar-refractivity contribution in [3.05, 3.63) is 39.2 Å². The van der Waals surface area contributed by atoms with E-state index in [1.807, 2.05) is 0 Å². The number of benzene rings is 1. The van der Waals surface area contributed by atoms with E-state index in [0.29, 0.717) is 11.5 Å². The quantitative estimate of drug-likeness (QED) is 0.637. The zero-order chi connectivity index (χ0) is 12.4. The van der Waals surface area contributed by atoms with Crippen LogP contribution in [0.3, 0.4) is 0 Å². The van der Waals surface area contributed by atoms with E-state index in [-0.39, 0.29) is 17.3 Å². The molecular weight excluding hydrogens is 248 g/mol. The molecule has 0 amide bonds. The fourth-order valence-corrected chi connectivity index (χ4v) is 1.61. The van der Waals surface area contributed by atoms with Crippen LogP contribution in [0.5, 0.6) is 0 Å². The van der Waals surface area contributed by atoms with Gasteiger partial charge in [-0.3, -0.25) is 10.1 Å². The highest BCUT2D eigenvalue weighted by Gasteiger charge is 2.18. The minimum absolute atomic E-state index is 0.0282. The Morgan fingerprint density at radius 3 is 2.94 bits per heavy atom. The highest BCUT2D eigenvalue weighted by atomic mass is 35.5. The van der Waals surface area contributed by atoms with E-state index in [0.717, 1.165) is 0 Å². The lowest BCUT2D eigenvalue weighted by atomic mass is 10.3. The smallest absolute Gasteiger partial charge is 0.290 e. The summed E-state index contributed by atoms with van der Waals surface area (Å²) in [7, 11) is 0. The normalized spacial score (nSPS) is 10.5. The van der Waals surface area contributed by atoms with Crippen molar-refractivity contribution in [3.8, 4) is 5.69 Å². The Hall–Kier alpha value is -2.06. The zero-order valence-corrected chi connectivity index (χ0v) is 9.20. The molecule has 0 saturated heterocycles. The van der Waals surface area contributed by atoms with Crippen LogP contribution in [0.25, 0.3) is 5.69 Å². The molecule has 1 heterocycles. The number of rotatable bonds is 3. The molecule has 17 heavy (non-hydrogen) atoms. The highest BCUT2D eigenvalue weighted by molar-refractivity contribution is 6.34. The fourth-order valence-electron chi connectivity index (χ4n) is 1.33. The first kappa shape index (κ1) is 11.4. The van der Waals surface area contributed by atoms with E-state index in [1.54, 1.807) is 6.07 Å². The molecule has 88 valence electrons. The van der Waals surface area contributed by atoms with E-state index >= 15 is 0 Å². The minimum atomic E-state index is -0.571. The van der Waals surface area contributed by atoms with Crippen molar-refractivity contribution in [2.45, 2.75) is 6.54 Å². The molecule has 0 radical (unpaired) electrons. The van der Waals surface area contributed by atoms with Gasteiger partial charge in [0.1, 0.15) is 5.02 Å². The number of tetrazole rings is 1. The number of nitro benzene ring substituents is 1. The van der Waals surface area contributed by atoms with Crippen LogP contribution >= 0.6 is 11.6 Å². The molecule has 2 aromatic rings. The van der Waals surface area contributed by atoms with Gasteiger partial charge >= 0.3 is 0 Å². The molecule has 1 aromatic carbocycles. The second kappa shape index (κ2) is 4.44. The summed E-state index contributed by atoms with van der Waals surface area (Å²) in [6.45, 7) is 0.103.